The van der Waals surface area contributed by atoms with Crippen LogP contribution in [0, 0.1) is 10.1 Å². The minimum absolute atomic E-state index is 0.0865. The van der Waals surface area contributed by atoms with E-state index in [9.17, 15) is 10.1 Å². The van der Waals surface area contributed by atoms with E-state index in [1.807, 2.05) is 0 Å². The van der Waals surface area contributed by atoms with Crippen LogP contribution in [-0.2, 0) is 6.67 Å². The average molecular weight is 232 g/mol. The minimum atomic E-state index is -0.744. The van der Waals surface area contributed by atoms with Gasteiger partial charge in [-0.15, -0.1) is 0 Å². The first-order valence-corrected chi connectivity index (χ1v) is 4.53. The summed E-state index contributed by atoms with van der Waals surface area (Å²) in [6.45, 7) is 0.585. The van der Waals surface area contributed by atoms with E-state index in [2.05, 4.69) is 15.4 Å². The van der Waals surface area contributed by atoms with E-state index in [4.69, 9.17) is 10.2 Å². The van der Waals surface area contributed by atoms with Gasteiger partial charge in [-0.05, 0) is 4.92 Å². The molecule has 1 heterocycles. The molecule has 0 saturated carbocycles. The van der Waals surface area contributed by atoms with Crippen molar-refractivity contribution in [3.63, 3.8) is 0 Å². The average Bonchev–Trinajstić information content (AvgIpc) is 2.67. The number of aliphatic hydroxyl groups excluding tert-OH is 2. The summed E-state index contributed by atoms with van der Waals surface area (Å²) in [6, 6.07) is 0. The van der Waals surface area contributed by atoms with Gasteiger partial charge >= 0.3 is 5.95 Å². The van der Waals surface area contributed by atoms with Crippen molar-refractivity contribution in [2.45, 2.75) is 6.67 Å². The second-order valence-corrected chi connectivity index (χ2v) is 2.93. The summed E-state index contributed by atoms with van der Waals surface area (Å²) >= 11 is 0. The third-order valence-corrected chi connectivity index (χ3v) is 1.76. The Balaban J connectivity index is 2.58. The van der Waals surface area contributed by atoms with Gasteiger partial charge in [0.1, 0.15) is 6.67 Å². The van der Waals surface area contributed by atoms with Crippen LogP contribution in [0.1, 0.15) is 0 Å². The first-order valence-electron chi connectivity index (χ1n) is 4.53. The second-order valence-electron chi connectivity index (χ2n) is 2.93. The van der Waals surface area contributed by atoms with E-state index in [0.29, 0.717) is 13.1 Å². The first-order chi connectivity index (χ1) is 7.67. The van der Waals surface area contributed by atoms with Gasteiger partial charge in [-0.1, -0.05) is 4.80 Å². The molecule has 0 aromatic carbocycles. The molecule has 0 aliphatic carbocycles. The van der Waals surface area contributed by atoms with Crippen molar-refractivity contribution in [2.24, 2.45) is 0 Å². The SMILES string of the molecule is O=[N+]([O-])c1nnn(CN(CCO)CCO)n1. The van der Waals surface area contributed by atoms with Gasteiger partial charge in [0.15, 0.2) is 0 Å². The lowest BCUT2D eigenvalue weighted by Crippen LogP contribution is -2.32. The molecule has 1 rings (SSSR count). The lowest BCUT2D eigenvalue weighted by molar-refractivity contribution is -0.394. The largest absolute Gasteiger partial charge is 0.514 e. The Morgan fingerprint density at radius 3 is 2.44 bits per heavy atom. The van der Waals surface area contributed by atoms with E-state index in [1.165, 1.54) is 0 Å². The highest BCUT2D eigenvalue weighted by atomic mass is 16.6. The number of nitrogens with zero attached hydrogens (tertiary/aromatic N) is 6. The number of rotatable bonds is 7. The molecule has 1 aromatic rings. The quantitative estimate of drug-likeness (QED) is 0.401. The molecule has 0 spiro atoms. The van der Waals surface area contributed by atoms with E-state index in [-0.39, 0.29) is 19.9 Å². The third kappa shape index (κ3) is 3.49. The molecule has 0 bridgehead atoms. The van der Waals surface area contributed by atoms with E-state index >= 15 is 0 Å². The predicted octanol–water partition coefficient (Wildman–Crippen LogP) is -2.17. The van der Waals surface area contributed by atoms with Gasteiger partial charge in [-0.2, -0.15) is 0 Å². The molecule has 90 valence electrons. The van der Waals surface area contributed by atoms with E-state index < -0.39 is 10.9 Å². The lowest BCUT2D eigenvalue weighted by atomic mass is 10.5. The van der Waals surface area contributed by atoms with Crippen LogP contribution in [0.4, 0.5) is 5.95 Å². The van der Waals surface area contributed by atoms with Crippen molar-refractivity contribution in [3.05, 3.63) is 10.1 Å². The van der Waals surface area contributed by atoms with Gasteiger partial charge in [-0.3, -0.25) is 4.90 Å². The summed E-state index contributed by atoms with van der Waals surface area (Å²) in [5.74, 6) is -0.576. The fraction of sp³-hybridized carbons (Fsp3) is 0.833. The maximum atomic E-state index is 10.3. The van der Waals surface area contributed by atoms with Gasteiger partial charge in [0.25, 0.3) is 0 Å². The van der Waals surface area contributed by atoms with E-state index in [0.717, 1.165) is 4.80 Å². The topological polar surface area (TPSA) is 130 Å². The number of hydrogen-bond acceptors (Lipinski definition) is 8. The summed E-state index contributed by atoms with van der Waals surface area (Å²) in [5.41, 5.74) is 0. The predicted molar refractivity (Wildman–Crippen MR) is 50.2 cm³/mol. The lowest BCUT2D eigenvalue weighted by Gasteiger charge is -2.16. The molecular formula is C6H12N6O4. The molecule has 0 saturated heterocycles. The van der Waals surface area contributed by atoms with Crippen molar-refractivity contribution in [1.29, 1.82) is 0 Å². The van der Waals surface area contributed by atoms with Crippen molar-refractivity contribution in [2.75, 3.05) is 26.3 Å². The molecular weight excluding hydrogens is 220 g/mol. The summed E-state index contributed by atoms with van der Waals surface area (Å²) in [4.78, 5) is 12.2. The number of aromatic nitrogens is 4. The molecule has 0 aliphatic heterocycles. The van der Waals surface area contributed by atoms with Crippen LogP contribution < -0.4 is 0 Å². The molecule has 2 N–H and O–H groups in total. The molecule has 1 aromatic heterocycles. The maximum Gasteiger partial charge on any atom is 0.514 e. The molecule has 16 heavy (non-hydrogen) atoms. The standard InChI is InChI=1S/C6H12N6O4/c13-3-1-10(2-4-14)5-11-8-6(7-9-11)12(15)16/h13-14H,1-5H2. The van der Waals surface area contributed by atoms with Crippen molar-refractivity contribution < 1.29 is 15.1 Å². The smallest absolute Gasteiger partial charge is 0.395 e. The van der Waals surface area contributed by atoms with Gasteiger partial charge in [-0.25, -0.2) is 0 Å². The highest BCUT2D eigenvalue weighted by molar-refractivity contribution is 4.92. The molecule has 10 heteroatoms. The molecule has 0 fully saturated rings. The Kier molecular flexibility index (Phi) is 4.69. The Bertz CT molecular complexity index is 336. The van der Waals surface area contributed by atoms with Gasteiger partial charge in [0.2, 0.25) is 0 Å². The van der Waals surface area contributed by atoms with Gasteiger partial charge in [0, 0.05) is 18.3 Å². The zero-order valence-electron chi connectivity index (χ0n) is 8.43. The summed E-state index contributed by atoms with van der Waals surface area (Å²) in [6.07, 6.45) is 0. The highest BCUT2D eigenvalue weighted by Gasteiger charge is 2.16. The highest BCUT2D eigenvalue weighted by Crippen LogP contribution is 1.98. The Hall–Kier alpha value is -1.65. The van der Waals surface area contributed by atoms with Crippen molar-refractivity contribution in [1.82, 2.24) is 25.1 Å². The number of hydrogen-bond donors (Lipinski definition) is 2. The first kappa shape index (κ1) is 12.4. The summed E-state index contributed by atoms with van der Waals surface area (Å²) in [7, 11) is 0. The normalized spacial score (nSPS) is 10.9. The summed E-state index contributed by atoms with van der Waals surface area (Å²) in [5, 5.41) is 38.0. The molecule has 0 unspecified atom stereocenters. The van der Waals surface area contributed by atoms with Crippen LogP contribution in [0.2, 0.25) is 0 Å². The zero-order chi connectivity index (χ0) is 12.0. The Morgan fingerprint density at radius 1 is 1.38 bits per heavy atom. The van der Waals surface area contributed by atoms with Crippen LogP contribution >= 0.6 is 0 Å². The minimum Gasteiger partial charge on any atom is -0.395 e. The number of nitro groups is 1. The zero-order valence-corrected chi connectivity index (χ0v) is 8.43. The van der Waals surface area contributed by atoms with Crippen LogP contribution in [0.5, 0.6) is 0 Å². The fourth-order valence-electron chi connectivity index (χ4n) is 1.08. The van der Waals surface area contributed by atoms with Gasteiger partial charge in [0.05, 0.1) is 23.4 Å². The molecule has 0 atom stereocenters. The molecule has 0 radical (unpaired) electrons. The van der Waals surface area contributed by atoms with Crippen molar-refractivity contribution in [3.8, 4) is 0 Å². The van der Waals surface area contributed by atoms with Crippen molar-refractivity contribution >= 4 is 5.95 Å². The number of aliphatic hydroxyl groups is 2. The van der Waals surface area contributed by atoms with E-state index in [1.54, 1.807) is 4.90 Å². The molecule has 0 amide bonds. The van der Waals surface area contributed by atoms with Crippen LogP contribution in [0.3, 0.4) is 0 Å². The Labute approximate surface area is 90.2 Å². The van der Waals surface area contributed by atoms with Crippen LogP contribution in [0.15, 0.2) is 0 Å². The van der Waals surface area contributed by atoms with Crippen LogP contribution in [0.25, 0.3) is 0 Å². The van der Waals surface area contributed by atoms with Crippen LogP contribution in [-0.4, -0.2) is 66.5 Å². The summed E-state index contributed by atoms with van der Waals surface area (Å²) < 4.78 is 0. The monoisotopic (exact) mass is 232 g/mol. The maximum absolute atomic E-state index is 10.3. The third-order valence-electron chi connectivity index (χ3n) is 1.76. The molecule has 0 aliphatic rings. The van der Waals surface area contributed by atoms with Gasteiger partial charge < -0.3 is 20.3 Å². The molecule has 10 nitrogen and oxygen atoms in total. The Morgan fingerprint density at radius 2 is 2.00 bits per heavy atom. The number of tetrazole rings is 1. The fourth-order valence-corrected chi connectivity index (χ4v) is 1.08. The second kappa shape index (κ2) is 6.05.